The van der Waals surface area contributed by atoms with Crippen LogP contribution >= 0.6 is 11.8 Å². The Labute approximate surface area is 92.0 Å². The molecule has 2 heterocycles. The smallest absolute Gasteiger partial charge is 0.0622 e. The molecule has 0 saturated carbocycles. The lowest BCUT2D eigenvalue weighted by molar-refractivity contribution is 0.0843. The fraction of sp³-hybridized carbons (Fsp3) is 1.00. The maximum Gasteiger partial charge on any atom is 0.0622 e. The van der Waals surface area contributed by atoms with Gasteiger partial charge in [0.2, 0.25) is 0 Å². The highest BCUT2D eigenvalue weighted by molar-refractivity contribution is 7.99. The van der Waals surface area contributed by atoms with E-state index in [1.165, 1.54) is 44.3 Å². The highest BCUT2D eigenvalue weighted by atomic mass is 32.2. The Morgan fingerprint density at radius 3 is 3.07 bits per heavy atom. The van der Waals surface area contributed by atoms with E-state index < -0.39 is 0 Å². The van der Waals surface area contributed by atoms with Gasteiger partial charge in [-0.25, -0.2) is 0 Å². The Hall–Kier alpha value is 0.310. The third-order valence-electron chi connectivity index (χ3n) is 3.56. The van der Waals surface area contributed by atoms with Crippen molar-refractivity contribution in [3.63, 3.8) is 0 Å². The van der Waals surface area contributed by atoms with Crippen molar-refractivity contribution in [1.82, 2.24) is 0 Å². The average molecular weight is 214 g/mol. The third-order valence-corrected chi connectivity index (χ3v) is 5.05. The zero-order valence-electron chi connectivity index (χ0n) is 9.21. The van der Waals surface area contributed by atoms with E-state index in [9.17, 15) is 0 Å². The predicted molar refractivity (Wildman–Crippen MR) is 62.9 cm³/mol. The molecule has 1 nitrogen and oxygen atoms in total. The summed E-state index contributed by atoms with van der Waals surface area (Å²) in [5, 5.41) is 0.919. The van der Waals surface area contributed by atoms with E-state index in [-0.39, 0.29) is 0 Å². The zero-order chi connectivity index (χ0) is 9.80. The van der Waals surface area contributed by atoms with Gasteiger partial charge in [0.05, 0.1) is 6.10 Å². The second kappa shape index (κ2) is 5.41. The van der Waals surface area contributed by atoms with Crippen LogP contribution in [0.4, 0.5) is 0 Å². The van der Waals surface area contributed by atoms with Crippen molar-refractivity contribution in [3.8, 4) is 0 Å². The van der Waals surface area contributed by atoms with Gasteiger partial charge in [-0.05, 0) is 30.9 Å². The van der Waals surface area contributed by atoms with Crippen molar-refractivity contribution < 1.29 is 4.74 Å². The van der Waals surface area contributed by atoms with Crippen LogP contribution in [-0.2, 0) is 4.74 Å². The van der Waals surface area contributed by atoms with Crippen LogP contribution in [-0.4, -0.2) is 23.7 Å². The first-order chi connectivity index (χ1) is 6.92. The van der Waals surface area contributed by atoms with Crippen LogP contribution in [0.2, 0.25) is 0 Å². The van der Waals surface area contributed by atoms with Gasteiger partial charge < -0.3 is 4.74 Å². The number of unbranched alkanes of at least 4 members (excludes halogenated alkanes) is 2. The van der Waals surface area contributed by atoms with Gasteiger partial charge in [-0.2, -0.15) is 11.8 Å². The molecule has 0 spiro atoms. The van der Waals surface area contributed by atoms with E-state index >= 15 is 0 Å². The lowest BCUT2D eigenvalue weighted by Gasteiger charge is -2.32. The minimum absolute atomic E-state index is 0.628. The van der Waals surface area contributed by atoms with Gasteiger partial charge >= 0.3 is 0 Å². The van der Waals surface area contributed by atoms with E-state index in [0.717, 1.165) is 17.8 Å². The summed E-state index contributed by atoms with van der Waals surface area (Å²) < 4.78 is 5.78. The quantitative estimate of drug-likeness (QED) is 0.663. The Balaban J connectivity index is 1.78. The molecule has 14 heavy (non-hydrogen) atoms. The summed E-state index contributed by atoms with van der Waals surface area (Å²) >= 11 is 2.21. The molecule has 2 heteroatoms. The number of fused-ring (bicyclic) bond motifs is 1. The van der Waals surface area contributed by atoms with E-state index in [0.29, 0.717) is 6.10 Å². The molecular weight excluding hydrogens is 192 g/mol. The van der Waals surface area contributed by atoms with Crippen molar-refractivity contribution in [3.05, 3.63) is 0 Å². The molecule has 0 aromatic carbocycles. The zero-order valence-corrected chi connectivity index (χ0v) is 10.0. The van der Waals surface area contributed by atoms with Gasteiger partial charge in [-0.3, -0.25) is 0 Å². The van der Waals surface area contributed by atoms with Gasteiger partial charge in [0.15, 0.2) is 0 Å². The van der Waals surface area contributed by atoms with Crippen LogP contribution in [0.25, 0.3) is 0 Å². The summed E-state index contributed by atoms with van der Waals surface area (Å²) in [6.45, 7) is 3.32. The molecule has 82 valence electrons. The Kier molecular flexibility index (Phi) is 4.18. The topological polar surface area (TPSA) is 9.23 Å². The van der Waals surface area contributed by atoms with Crippen LogP contribution in [0.15, 0.2) is 0 Å². The second-order valence-electron chi connectivity index (χ2n) is 4.56. The van der Waals surface area contributed by atoms with Gasteiger partial charge in [0.1, 0.15) is 0 Å². The second-order valence-corrected chi connectivity index (χ2v) is 5.90. The first-order valence-electron chi connectivity index (χ1n) is 6.15. The number of rotatable bonds is 4. The summed E-state index contributed by atoms with van der Waals surface area (Å²) in [4.78, 5) is 0. The summed E-state index contributed by atoms with van der Waals surface area (Å²) in [6, 6.07) is 0. The molecule has 0 aromatic heterocycles. The summed E-state index contributed by atoms with van der Waals surface area (Å²) in [5.74, 6) is 2.23. The Bertz CT molecular complexity index is 172. The fourth-order valence-electron chi connectivity index (χ4n) is 2.74. The normalized spacial score (nSPS) is 37.1. The number of hydrogen-bond acceptors (Lipinski definition) is 2. The summed E-state index contributed by atoms with van der Waals surface area (Å²) in [6.07, 6.45) is 8.88. The van der Waals surface area contributed by atoms with Crippen molar-refractivity contribution in [2.75, 3.05) is 12.4 Å². The van der Waals surface area contributed by atoms with Gasteiger partial charge in [0, 0.05) is 11.9 Å². The first kappa shape index (κ1) is 10.8. The van der Waals surface area contributed by atoms with Gasteiger partial charge in [-0.1, -0.05) is 26.2 Å². The minimum Gasteiger partial charge on any atom is -0.378 e. The molecule has 0 aliphatic carbocycles. The summed E-state index contributed by atoms with van der Waals surface area (Å²) in [5.41, 5.74) is 0. The monoisotopic (exact) mass is 214 g/mol. The van der Waals surface area contributed by atoms with Crippen molar-refractivity contribution in [2.45, 2.75) is 56.8 Å². The van der Waals surface area contributed by atoms with Gasteiger partial charge in [0.25, 0.3) is 0 Å². The van der Waals surface area contributed by atoms with E-state index in [1.807, 2.05) is 0 Å². The number of hydrogen-bond donors (Lipinski definition) is 0. The number of thioether (sulfide) groups is 1. The van der Waals surface area contributed by atoms with Crippen LogP contribution in [0, 0.1) is 5.92 Å². The predicted octanol–water partition coefficient (Wildman–Crippen LogP) is 3.48. The van der Waals surface area contributed by atoms with Crippen LogP contribution in [0.3, 0.4) is 0 Å². The maximum absolute atomic E-state index is 5.78. The van der Waals surface area contributed by atoms with Crippen LogP contribution < -0.4 is 0 Å². The first-order valence-corrected chi connectivity index (χ1v) is 7.20. The lowest BCUT2D eigenvalue weighted by atomic mass is 9.92. The Morgan fingerprint density at radius 1 is 1.29 bits per heavy atom. The molecule has 2 aliphatic heterocycles. The molecule has 2 saturated heterocycles. The van der Waals surface area contributed by atoms with Crippen molar-refractivity contribution in [1.29, 1.82) is 0 Å². The molecule has 0 N–H and O–H groups in total. The molecule has 0 radical (unpaired) electrons. The standard InChI is InChI=1S/C12H22OS/c1-2-3-4-5-12-10-6-8-13-11(10)7-9-14-12/h10-12H,2-9H2,1H3/t10-,11+,12?/m1/s1. The largest absolute Gasteiger partial charge is 0.378 e. The van der Waals surface area contributed by atoms with Crippen LogP contribution in [0.5, 0.6) is 0 Å². The highest BCUT2D eigenvalue weighted by Gasteiger charge is 2.37. The fourth-order valence-corrected chi connectivity index (χ4v) is 4.30. The highest BCUT2D eigenvalue weighted by Crippen LogP contribution is 2.40. The summed E-state index contributed by atoms with van der Waals surface area (Å²) in [7, 11) is 0. The van der Waals surface area contributed by atoms with Gasteiger partial charge in [-0.15, -0.1) is 0 Å². The molecule has 0 amide bonds. The molecule has 2 aliphatic rings. The molecule has 0 bridgehead atoms. The van der Waals surface area contributed by atoms with E-state index in [1.54, 1.807) is 0 Å². The molecule has 1 unspecified atom stereocenters. The van der Waals surface area contributed by atoms with E-state index in [2.05, 4.69) is 18.7 Å². The molecular formula is C12H22OS. The molecule has 2 rings (SSSR count). The molecule has 2 fully saturated rings. The SMILES string of the molecule is CCCCCC1SCC[C@@H]2OCC[C@@H]12. The lowest BCUT2D eigenvalue weighted by Crippen LogP contribution is -2.31. The molecule has 0 aromatic rings. The third kappa shape index (κ3) is 2.46. The maximum atomic E-state index is 5.78. The average Bonchev–Trinajstić information content (AvgIpc) is 2.67. The minimum atomic E-state index is 0.628. The van der Waals surface area contributed by atoms with E-state index in [4.69, 9.17) is 4.74 Å². The number of ether oxygens (including phenoxy) is 1. The van der Waals surface area contributed by atoms with Crippen LogP contribution in [0.1, 0.15) is 45.4 Å². The Morgan fingerprint density at radius 2 is 2.21 bits per heavy atom. The van der Waals surface area contributed by atoms with Crippen molar-refractivity contribution >= 4 is 11.8 Å². The van der Waals surface area contributed by atoms with Crippen molar-refractivity contribution in [2.24, 2.45) is 5.92 Å². The molecule has 3 atom stereocenters.